The lowest BCUT2D eigenvalue weighted by Gasteiger charge is -2.27. The van der Waals surface area contributed by atoms with Crippen LogP contribution >= 0.6 is 0 Å². The number of nitrogens with one attached hydrogen (secondary N) is 1. The maximum absolute atomic E-state index is 13.6. The molecule has 1 heterocycles. The van der Waals surface area contributed by atoms with Gasteiger partial charge in [-0.3, -0.25) is 4.79 Å². The Hall–Kier alpha value is -4.37. The van der Waals surface area contributed by atoms with Gasteiger partial charge in [-0.1, -0.05) is 78.7 Å². The zero-order chi connectivity index (χ0) is 21.7. The number of imide groups is 1. The Bertz CT molecular complexity index is 1130. The average molecular weight is 409 g/mol. The second kappa shape index (κ2) is 8.56. The molecule has 0 aliphatic carbocycles. The van der Waals surface area contributed by atoms with E-state index in [2.05, 4.69) is 16.3 Å². The Morgan fingerprint density at radius 2 is 1.52 bits per heavy atom. The monoisotopic (exact) mass is 409 g/mol. The first-order valence-corrected chi connectivity index (χ1v) is 9.64. The van der Waals surface area contributed by atoms with Crippen LogP contribution in [0.5, 0.6) is 5.75 Å². The number of amides is 3. The van der Waals surface area contributed by atoms with Crippen LogP contribution in [0.3, 0.4) is 0 Å². The molecule has 1 N–H and O–H groups in total. The van der Waals surface area contributed by atoms with E-state index in [0.717, 1.165) is 5.01 Å². The molecule has 1 aliphatic heterocycles. The molecule has 3 amide bonds. The molecule has 0 bridgehead atoms. The summed E-state index contributed by atoms with van der Waals surface area (Å²) in [5.41, 5.74) is 0.524. The van der Waals surface area contributed by atoms with Crippen molar-refractivity contribution < 1.29 is 14.3 Å². The van der Waals surface area contributed by atoms with Crippen LogP contribution in [0.1, 0.15) is 16.7 Å². The lowest BCUT2D eigenvalue weighted by atomic mass is 9.83. The van der Waals surface area contributed by atoms with Crippen LogP contribution in [0.25, 0.3) is 0 Å². The van der Waals surface area contributed by atoms with E-state index in [4.69, 9.17) is 11.2 Å². The van der Waals surface area contributed by atoms with Gasteiger partial charge in [-0.05, 0) is 23.3 Å². The standard InChI is InChI=1S/C25H19N3O3/c1-2-17-31-22-16-10-9-11-19(22)18-26-28-23(29)25(27-24(28)30,20-12-5-3-6-13-20)21-14-7-4-8-15-21/h1,3-16,18H,17H2,(H,27,30)/b26-18-. The third-order valence-electron chi connectivity index (χ3n) is 4.96. The molecule has 0 saturated carbocycles. The minimum absolute atomic E-state index is 0.0963. The van der Waals surface area contributed by atoms with Crippen molar-refractivity contribution in [2.45, 2.75) is 5.54 Å². The number of para-hydroxylation sites is 1. The zero-order valence-electron chi connectivity index (χ0n) is 16.6. The number of nitrogens with zero attached hydrogens (tertiary/aromatic N) is 2. The molecule has 0 spiro atoms. The normalized spacial score (nSPS) is 15.0. The van der Waals surface area contributed by atoms with Crippen molar-refractivity contribution in [3.63, 3.8) is 0 Å². The van der Waals surface area contributed by atoms with E-state index in [0.29, 0.717) is 22.4 Å². The lowest BCUT2D eigenvalue weighted by molar-refractivity contribution is -0.130. The number of rotatable bonds is 6. The first kappa shape index (κ1) is 19.9. The van der Waals surface area contributed by atoms with Crippen LogP contribution in [0.2, 0.25) is 0 Å². The molecule has 4 rings (SSSR count). The highest BCUT2D eigenvalue weighted by Gasteiger charge is 2.54. The second-order valence-corrected chi connectivity index (χ2v) is 6.80. The fourth-order valence-corrected chi connectivity index (χ4v) is 3.52. The largest absolute Gasteiger partial charge is 0.480 e. The van der Waals surface area contributed by atoms with Crippen molar-refractivity contribution in [2.75, 3.05) is 6.61 Å². The molecule has 1 aliphatic rings. The lowest BCUT2D eigenvalue weighted by Crippen LogP contribution is -2.44. The van der Waals surface area contributed by atoms with E-state index in [1.807, 2.05) is 36.4 Å². The average Bonchev–Trinajstić information content (AvgIpc) is 3.08. The number of hydrogen-bond acceptors (Lipinski definition) is 4. The third-order valence-corrected chi connectivity index (χ3v) is 4.96. The van der Waals surface area contributed by atoms with Crippen LogP contribution in [-0.4, -0.2) is 29.8 Å². The van der Waals surface area contributed by atoms with Crippen LogP contribution in [-0.2, 0) is 10.3 Å². The minimum atomic E-state index is -1.36. The maximum Gasteiger partial charge on any atom is 0.346 e. The topological polar surface area (TPSA) is 71.0 Å². The number of carbonyl (C=O) groups excluding carboxylic acids is 2. The van der Waals surface area contributed by atoms with Crippen LogP contribution < -0.4 is 10.1 Å². The third kappa shape index (κ3) is 3.65. The van der Waals surface area contributed by atoms with Gasteiger partial charge in [0.15, 0.2) is 5.54 Å². The van der Waals surface area contributed by atoms with E-state index in [9.17, 15) is 9.59 Å². The van der Waals surface area contributed by atoms with E-state index >= 15 is 0 Å². The fourth-order valence-electron chi connectivity index (χ4n) is 3.52. The van der Waals surface area contributed by atoms with E-state index < -0.39 is 17.5 Å². The Morgan fingerprint density at radius 3 is 2.13 bits per heavy atom. The smallest absolute Gasteiger partial charge is 0.346 e. The van der Waals surface area contributed by atoms with E-state index in [-0.39, 0.29) is 6.61 Å². The number of hydrogen-bond donors (Lipinski definition) is 1. The summed E-state index contributed by atoms with van der Waals surface area (Å²) in [7, 11) is 0. The zero-order valence-corrected chi connectivity index (χ0v) is 16.6. The van der Waals surface area contributed by atoms with E-state index in [1.54, 1.807) is 48.5 Å². The van der Waals surface area contributed by atoms with E-state index in [1.165, 1.54) is 6.21 Å². The van der Waals surface area contributed by atoms with Gasteiger partial charge in [0.2, 0.25) is 0 Å². The molecule has 6 nitrogen and oxygen atoms in total. The van der Waals surface area contributed by atoms with Crippen molar-refractivity contribution in [2.24, 2.45) is 5.10 Å². The van der Waals surface area contributed by atoms with Gasteiger partial charge in [-0.25, -0.2) is 4.79 Å². The molecule has 0 radical (unpaired) electrons. The quantitative estimate of drug-likeness (QED) is 0.385. The molecule has 1 saturated heterocycles. The summed E-state index contributed by atoms with van der Waals surface area (Å²) in [5.74, 6) is 2.42. The summed E-state index contributed by atoms with van der Waals surface area (Å²) >= 11 is 0. The maximum atomic E-state index is 13.6. The van der Waals surface area contributed by atoms with Gasteiger partial charge in [-0.15, -0.1) is 11.4 Å². The number of carbonyl (C=O) groups is 2. The first-order chi connectivity index (χ1) is 15.2. The first-order valence-electron chi connectivity index (χ1n) is 9.64. The van der Waals surface area contributed by atoms with Crippen molar-refractivity contribution in [1.29, 1.82) is 0 Å². The highest BCUT2D eigenvalue weighted by Crippen LogP contribution is 2.36. The SMILES string of the molecule is C#CCOc1ccccc1/C=N\N1C(=O)NC(c2ccccc2)(c2ccccc2)C1=O. The highest BCUT2D eigenvalue weighted by molar-refractivity contribution is 6.10. The number of terminal acetylenes is 1. The van der Waals surface area contributed by atoms with Crippen molar-refractivity contribution >= 4 is 18.2 Å². The number of hydrazone groups is 1. The Morgan fingerprint density at radius 1 is 0.935 bits per heavy atom. The van der Waals surface area contributed by atoms with Crippen LogP contribution in [0, 0.1) is 12.3 Å². The minimum Gasteiger partial charge on any atom is -0.480 e. The summed E-state index contributed by atoms with van der Waals surface area (Å²) in [4.78, 5) is 26.4. The fraction of sp³-hybridized carbons (Fsp3) is 0.0800. The predicted octanol–water partition coefficient (Wildman–Crippen LogP) is 3.53. The molecule has 0 atom stereocenters. The summed E-state index contributed by atoms with van der Waals surface area (Å²) in [6.07, 6.45) is 6.67. The molecule has 6 heteroatoms. The molecule has 3 aromatic rings. The molecular formula is C25H19N3O3. The predicted molar refractivity (Wildman–Crippen MR) is 117 cm³/mol. The Labute approximate surface area is 180 Å². The molecule has 1 fully saturated rings. The molecular weight excluding hydrogens is 390 g/mol. The summed E-state index contributed by atoms with van der Waals surface area (Å²) < 4.78 is 5.50. The second-order valence-electron chi connectivity index (χ2n) is 6.80. The molecule has 152 valence electrons. The van der Waals surface area contributed by atoms with Crippen LogP contribution in [0.4, 0.5) is 4.79 Å². The van der Waals surface area contributed by atoms with Gasteiger partial charge in [-0.2, -0.15) is 5.10 Å². The summed E-state index contributed by atoms with van der Waals surface area (Å²) in [5, 5.41) is 7.88. The molecule has 0 aromatic heterocycles. The summed E-state index contributed by atoms with van der Waals surface area (Å²) in [6.45, 7) is 0.0963. The molecule has 0 unspecified atom stereocenters. The van der Waals surface area contributed by atoms with Crippen LogP contribution in [0.15, 0.2) is 90.0 Å². The van der Waals surface area contributed by atoms with Crippen molar-refractivity contribution in [3.05, 3.63) is 102 Å². The Balaban J connectivity index is 1.73. The van der Waals surface area contributed by atoms with Crippen molar-refractivity contribution in [1.82, 2.24) is 10.3 Å². The van der Waals surface area contributed by atoms with Gasteiger partial charge in [0.25, 0.3) is 5.91 Å². The van der Waals surface area contributed by atoms with Gasteiger partial charge < -0.3 is 10.1 Å². The molecule has 31 heavy (non-hydrogen) atoms. The van der Waals surface area contributed by atoms with Crippen molar-refractivity contribution in [3.8, 4) is 18.1 Å². The Kier molecular flexibility index (Phi) is 5.50. The van der Waals surface area contributed by atoms with Gasteiger partial charge in [0, 0.05) is 5.56 Å². The van der Waals surface area contributed by atoms with Gasteiger partial charge in [0.05, 0.1) is 6.21 Å². The number of urea groups is 1. The van der Waals surface area contributed by atoms with Gasteiger partial charge in [0.1, 0.15) is 12.4 Å². The van der Waals surface area contributed by atoms with Gasteiger partial charge >= 0.3 is 6.03 Å². The molecule has 3 aromatic carbocycles. The number of ether oxygens (including phenoxy) is 1. The highest BCUT2D eigenvalue weighted by atomic mass is 16.5. The summed E-state index contributed by atoms with van der Waals surface area (Å²) in [6, 6.07) is 24.7. The number of benzene rings is 3.